The third-order valence-corrected chi connectivity index (χ3v) is 4.92. The molecule has 0 spiro atoms. The minimum Gasteiger partial charge on any atom is -0.324 e. The number of hydrogen-bond acceptors (Lipinski definition) is 3. The van der Waals surface area contributed by atoms with Gasteiger partial charge in [-0.25, -0.2) is 8.42 Å². The smallest absolute Gasteiger partial charge is 0.175 e. The summed E-state index contributed by atoms with van der Waals surface area (Å²) in [6.45, 7) is 0. The molecule has 0 bridgehead atoms. The molecule has 0 amide bonds. The van der Waals surface area contributed by atoms with Crippen molar-refractivity contribution in [2.45, 2.75) is 17.4 Å². The van der Waals surface area contributed by atoms with Crippen LogP contribution < -0.4 is 5.73 Å². The molecule has 2 aromatic rings. The van der Waals surface area contributed by atoms with Crippen LogP contribution >= 0.6 is 23.2 Å². The molecule has 112 valence electrons. The zero-order chi connectivity index (χ0) is 15.6. The summed E-state index contributed by atoms with van der Waals surface area (Å²) < 4.78 is 22.8. The molecule has 6 heteroatoms. The van der Waals surface area contributed by atoms with Gasteiger partial charge in [0, 0.05) is 22.3 Å². The third-order valence-electron chi connectivity index (χ3n) is 3.18. The molecule has 0 saturated carbocycles. The van der Waals surface area contributed by atoms with Crippen LogP contribution in [0.4, 0.5) is 0 Å². The van der Waals surface area contributed by atoms with Crippen LogP contribution in [0.25, 0.3) is 0 Å². The molecule has 0 radical (unpaired) electrons. The van der Waals surface area contributed by atoms with Crippen LogP contribution in [0.1, 0.15) is 17.2 Å². The van der Waals surface area contributed by atoms with Gasteiger partial charge in [0.2, 0.25) is 0 Å². The first-order valence-corrected chi connectivity index (χ1v) is 8.91. The monoisotopic (exact) mass is 343 g/mol. The Bertz CT molecular complexity index is 743. The summed E-state index contributed by atoms with van der Waals surface area (Å²) in [6, 6.07) is 11.5. The van der Waals surface area contributed by atoms with Crippen molar-refractivity contribution in [1.82, 2.24) is 0 Å². The number of hydrogen-bond donors (Lipinski definition) is 1. The van der Waals surface area contributed by atoms with Crippen molar-refractivity contribution in [1.29, 1.82) is 0 Å². The predicted octanol–water partition coefficient (Wildman–Crippen LogP) is 3.64. The van der Waals surface area contributed by atoms with Gasteiger partial charge in [0.25, 0.3) is 0 Å². The van der Waals surface area contributed by atoms with Crippen LogP contribution in [0.5, 0.6) is 0 Å². The second-order valence-electron chi connectivity index (χ2n) is 4.89. The highest BCUT2D eigenvalue weighted by Gasteiger charge is 2.12. The average molecular weight is 344 g/mol. The molecule has 0 aliphatic rings. The summed E-state index contributed by atoms with van der Waals surface area (Å²) in [5.41, 5.74) is 7.86. The van der Waals surface area contributed by atoms with Gasteiger partial charge in [0.15, 0.2) is 9.84 Å². The van der Waals surface area contributed by atoms with E-state index in [1.54, 1.807) is 42.5 Å². The number of halogens is 2. The molecular weight excluding hydrogens is 329 g/mol. The van der Waals surface area contributed by atoms with E-state index in [1.165, 1.54) is 6.26 Å². The van der Waals surface area contributed by atoms with Crippen molar-refractivity contribution in [2.24, 2.45) is 5.73 Å². The molecule has 0 fully saturated rings. The largest absolute Gasteiger partial charge is 0.324 e. The summed E-state index contributed by atoms with van der Waals surface area (Å²) >= 11 is 12.1. The van der Waals surface area contributed by atoms with Gasteiger partial charge in [0.1, 0.15) is 0 Å². The fourth-order valence-corrected chi connectivity index (χ4v) is 3.04. The Morgan fingerprint density at radius 1 is 1.10 bits per heavy atom. The van der Waals surface area contributed by atoms with Crippen molar-refractivity contribution in [2.75, 3.05) is 6.26 Å². The highest BCUT2D eigenvalue weighted by molar-refractivity contribution is 7.90. The molecular formula is C15H15Cl2NO2S. The second-order valence-corrected chi connectivity index (χ2v) is 7.75. The van der Waals surface area contributed by atoms with Gasteiger partial charge in [-0.1, -0.05) is 35.3 Å². The lowest BCUT2D eigenvalue weighted by Gasteiger charge is -2.14. The number of benzene rings is 2. The van der Waals surface area contributed by atoms with Gasteiger partial charge >= 0.3 is 0 Å². The lowest BCUT2D eigenvalue weighted by Crippen LogP contribution is -2.13. The topological polar surface area (TPSA) is 60.2 Å². The molecule has 2 rings (SSSR count). The Morgan fingerprint density at radius 3 is 2.29 bits per heavy atom. The van der Waals surface area contributed by atoms with Crippen LogP contribution in [0.15, 0.2) is 47.4 Å². The quantitative estimate of drug-likeness (QED) is 0.921. The normalized spacial score (nSPS) is 13.1. The van der Waals surface area contributed by atoms with Gasteiger partial charge in [-0.05, 0) is 47.9 Å². The number of rotatable bonds is 4. The van der Waals surface area contributed by atoms with Gasteiger partial charge in [-0.3, -0.25) is 0 Å². The van der Waals surface area contributed by atoms with Crippen LogP contribution in [-0.2, 0) is 16.3 Å². The zero-order valence-corrected chi connectivity index (χ0v) is 13.7. The fraction of sp³-hybridized carbons (Fsp3) is 0.200. The Hall–Kier alpha value is -1.07. The molecule has 0 aromatic heterocycles. The Morgan fingerprint density at radius 2 is 1.71 bits per heavy atom. The van der Waals surface area contributed by atoms with Crippen molar-refractivity contribution < 1.29 is 8.42 Å². The lowest BCUT2D eigenvalue weighted by atomic mass is 10.00. The van der Waals surface area contributed by atoms with E-state index in [2.05, 4.69) is 0 Å². The molecule has 0 saturated heterocycles. The highest BCUT2D eigenvalue weighted by Crippen LogP contribution is 2.25. The summed E-state index contributed by atoms with van der Waals surface area (Å²) in [5, 5.41) is 1.22. The maximum Gasteiger partial charge on any atom is 0.175 e. The Kier molecular flexibility index (Phi) is 4.94. The van der Waals surface area contributed by atoms with E-state index in [4.69, 9.17) is 28.9 Å². The summed E-state index contributed by atoms with van der Waals surface area (Å²) in [4.78, 5) is 0.277. The maximum atomic E-state index is 11.4. The summed E-state index contributed by atoms with van der Waals surface area (Å²) in [6.07, 6.45) is 1.70. The van der Waals surface area contributed by atoms with E-state index in [0.29, 0.717) is 16.5 Å². The predicted molar refractivity (Wildman–Crippen MR) is 86.6 cm³/mol. The highest BCUT2D eigenvalue weighted by atomic mass is 35.5. The molecule has 1 unspecified atom stereocenters. The van der Waals surface area contributed by atoms with Crippen LogP contribution in [0.3, 0.4) is 0 Å². The van der Waals surface area contributed by atoms with E-state index in [0.717, 1.165) is 11.1 Å². The Balaban J connectivity index is 2.20. The molecule has 0 aliphatic carbocycles. The SMILES string of the molecule is CS(=O)(=O)c1ccc(C(N)Cc2cc(Cl)ccc2Cl)cc1. The van der Waals surface area contributed by atoms with Gasteiger partial charge < -0.3 is 5.73 Å². The minimum absolute atomic E-state index is 0.277. The second kappa shape index (κ2) is 6.36. The van der Waals surface area contributed by atoms with Gasteiger partial charge in [-0.2, -0.15) is 0 Å². The molecule has 21 heavy (non-hydrogen) atoms. The number of sulfone groups is 1. The van der Waals surface area contributed by atoms with Crippen LogP contribution in [0, 0.1) is 0 Å². The van der Waals surface area contributed by atoms with Crippen molar-refractivity contribution in [3.8, 4) is 0 Å². The molecule has 3 nitrogen and oxygen atoms in total. The third kappa shape index (κ3) is 4.20. The molecule has 2 N–H and O–H groups in total. The molecule has 0 heterocycles. The standard InChI is InChI=1S/C15H15Cl2NO2S/c1-21(19,20)13-5-2-10(3-6-13)15(18)9-11-8-12(16)4-7-14(11)17/h2-8,15H,9,18H2,1H3. The van der Waals surface area contributed by atoms with E-state index in [1.807, 2.05) is 0 Å². The van der Waals surface area contributed by atoms with E-state index >= 15 is 0 Å². The van der Waals surface area contributed by atoms with E-state index in [9.17, 15) is 8.42 Å². The van der Waals surface area contributed by atoms with Crippen molar-refractivity contribution in [3.63, 3.8) is 0 Å². The first-order valence-electron chi connectivity index (χ1n) is 6.27. The summed E-state index contributed by atoms with van der Waals surface area (Å²) in [7, 11) is -3.20. The van der Waals surface area contributed by atoms with Gasteiger partial charge in [-0.15, -0.1) is 0 Å². The summed E-state index contributed by atoms with van der Waals surface area (Å²) in [5.74, 6) is 0. The lowest BCUT2D eigenvalue weighted by molar-refractivity contribution is 0.601. The van der Waals surface area contributed by atoms with Crippen molar-refractivity contribution in [3.05, 3.63) is 63.6 Å². The van der Waals surface area contributed by atoms with Crippen molar-refractivity contribution >= 4 is 33.0 Å². The number of nitrogens with two attached hydrogens (primary N) is 1. The Labute approximate surface area is 134 Å². The van der Waals surface area contributed by atoms with Crippen LogP contribution in [0.2, 0.25) is 10.0 Å². The molecule has 2 aromatic carbocycles. The fourth-order valence-electron chi connectivity index (χ4n) is 2.02. The van der Waals surface area contributed by atoms with E-state index in [-0.39, 0.29) is 10.9 Å². The minimum atomic E-state index is -3.20. The van der Waals surface area contributed by atoms with Gasteiger partial charge in [0.05, 0.1) is 4.90 Å². The molecule has 0 aliphatic heterocycles. The average Bonchev–Trinajstić information content (AvgIpc) is 2.42. The first-order chi connectivity index (χ1) is 9.77. The van der Waals surface area contributed by atoms with Crippen LogP contribution in [-0.4, -0.2) is 14.7 Å². The van der Waals surface area contributed by atoms with E-state index < -0.39 is 9.84 Å². The zero-order valence-electron chi connectivity index (χ0n) is 11.4. The maximum absolute atomic E-state index is 11.4. The molecule has 1 atom stereocenters. The first kappa shape index (κ1) is 16.3.